The van der Waals surface area contributed by atoms with Crippen LogP contribution in [0.15, 0.2) is 36.5 Å². The normalized spacial score (nSPS) is 18.9. The van der Waals surface area contributed by atoms with Gasteiger partial charge in [-0.15, -0.1) is 0 Å². The predicted molar refractivity (Wildman–Crippen MR) is 108 cm³/mol. The largest absolute Gasteiger partial charge is 0.491 e. The highest BCUT2D eigenvalue weighted by atomic mass is 16.5. The van der Waals surface area contributed by atoms with Gasteiger partial charge in [-0.05, 0) is 31.0 Å². The molecule has 3 heterocycles. The van der Waals surface area contributed by atoms with Gasteiger partial charge in [0.15, 0.2) is 5.82 Å². The highest BCUT2D eigenvalue weighted by molar-refractivity contribution is 6.03. The van der Waals surface area contributed by atoms with Gasteiger partial charge in [-0.1, -0.05) is 6.07 Å². The van der Waals surface area contributed by atoms with E-state index in [1.807, 2.05) is 6.07 Å². The van der Waals surface area contributed by atoms with Crippen LogP contribution in [0.4, 0.5) is 5.82 Å². The van der Waals surface area contributed by atoms with Crippen LogP contribution in [-0.4, -0.2) is 72.1 Å². The van der Waals surface area contributed by atoms with Crippen LogP contribution in [0, 0.1) is 0 Å². The van der Waals surface area contributed by atoms with Crippen LogP contribution < -0.4 is 10.1 Å². The lowest BCUT2D eigenvalue weighted by Gasteiger charge is -2.26. The number of nitrogens with zero attached hydrogens (tertiary/aromatic N) is 3. The predicted octanol–water partition coefficient (Wildman–Crippen LogP) is 1.55. The molecule has 2 aromatic rings. The van der Waals surface area contributed by atoms with Crippen LogP contribution >= 0.6 is 0 Å². The zero-order valence-corrected chi connectivity index (χ0v) is 16.8. The van der Waals surface area contributed by atoms with Gasteiger partial charge in [-0.2, -0.15) is 5.10 Å². The highest BCUT2D eigenvalue weighted by Crippen LogP contribution is 2.18. The molecule has 0 saturated carbocycles. The molecule has 160 valence electrons. The second-order valence-corrected chi connectivity index (χ2v) is 7.32. The maximum Gasteiger partial charge on any atom is 0.256 e. The van der Waals surface area contributed by atoms with E-state index in [-0.39, 0.29) is 24.5 Å². The molecule has 0 radical (unpaired) electrons. The summed E-state index contributed by atoms with van der Waals surface area (Å²) in [5.41, 5.74) is 0.471. The van der Waals surface area contributed by atoms with Gasteiger partial charge in [-0.3, -0.25) is 14.3 Å². The number of rotatable bonds is 7. The number of carbonyl (C=O) groups excluding carboxylic acids is 2. The van der Waals surface area contributed by atoms with Crippen molar-refractivity contribution < 1.29 is 23.8 Å². The minimum atomic E-state index is -0.290. The first-order valence-corrected chi connectivity index (χ1v) is 10.2. The maximum absolute atomic E-state index is 12.6. The van der Waals surface area contributed by atoms with Gasteiger partial charge in [0.25, 0.3) is 5.91 Å². The van der Waals surface area contributed by atoms with E-state index >= 15 is 0 Å². The van der Waals surface area contributed by atoms with Gasteiger partial charge >= 0.3 is 0 Å². The number of benzene rings is 1. The fourth-order valence-electron chi connectivity index (χ4n) is 3.45. The first-order valence-electron chi connectivity index (χ1n) is 10.2. The minimum Gasteiger partial charge on any atom is -0.491 e. The summed E-state index contributed by atoms with van der Waals surface area (Å²) < 4.78 is 18.1. The van der Waals surface area contributed by atoms with Crippen molar-refractivity contribution in [1.29, 1.82) is 0 Å². The van der Waals surface area contributed by atoms with Crippen molar-refractivity contribution >= 4 is 17.6 Å². The molecule has 9 heteroatoms. The van der Waals surface area contributed by atoms with Crippen LogP contribution in [0.25, 0.3) is 0 Å². The van der Waals surface area contributed by atoms with Gasteiger partial charge in [0.1, 0.15) is 18.9 Å². The van der Waals surface area contributed by atoms with Crippen LogP contribution in [0.3, 0.4) is 0 Å². The SMILES string of the molecule is O=C(Nc1ccn(CC(=O)N2CCOCC2)n1)c1cccc(OCC2CCCO2)c1. The maximum atomic E-state index is 12.6. The van der Waals surface area contributed by atoms with Crippen molar-refractivity contribution in [3.63, 3.8) is 0 Å². The Labute approximate surface area is 174 Å². The van der Waals surface area contributed by atoms with E-state index in [1.165, 1.54) is 4.68 Å². The number of anilines is 1. The first kappa shape index (κ1) is 20.4. The number of carbonyl (C=O) groups is 2. The summed E-state index contributed by atoms with van der Waals surface area (Å²) in [6.07, 6.45) is 3.85. The van der Waals surface area contributed by atoms with Crippen molar-refractivity contribution in [1.82, 2.24) is 14.7 Å². The summed E-state index contributed by atoms with van der Waals surface area (Å²) in [5.74, 6) is 0.706. The molecular weight excluding hydrogens is 388 g/mol. The highest BCUT2D eigenvalue weighted by Gasteiger charge is 2.18. The van der Waals surface area contributed by atoms with E-state index in [9.17, 15) is 9.59 Å². The molecule has 1 atom stereocenters. The Bertz CT molecular complexity index is 872. The summed E-state index contributed by atoms with van der Waals surface area (Å²) in [7, 11) is 0. The molecule has 2 aliphatic rings. The third-order valence-corrected chi connectivity index (χ3v) is 5.10. The molecular formula is C21H26N4O5. The monoisotopic (exact) mass is 414 g/mol. The Morgan fingerprint density at radius 3 is 2.87 bits per heavy atom. The molecule has 1 N–H and O–H groups in total. The molecule has 1 aromatic heterocycles. The molecule has 2 saturated heterocycles. The lowest BCUT2D eigenvalue weighted by molar-refractivity contribution is -0.136. The molecule has 0 bridgehead atoms. The number of ether oxygens (including phenoxy) is 3. The molecule has 1 unspecified atom stereocenters. The molecule has 30 heavy (non-hydrogen) atoms. The van der Waals surface area contributed by atoms with Gasteiger partial charge < -0.3 is 24.4 Å². The summed E-state index contributed by atoms with van der Waals surface area (Å²) in [6, 6.07) is 8.68. The third-order valence-electron chi connectivity index (χ3n) is 5.10. The quantitative estimate of drug-likeness (QED) is 0.739. The van der Waals surface area contributed by atoms with E-state index in [1.54, 1.807) is 35.4 Å². The number of amides is 2. The van der Waals surface area contributed by atoms with Crippen LogP contribution in [0.5, 0.6) is 5.75 Å². The van der Waals surface area contributed by atoms with Gasteiger partial charge in [0.05, 0.1) is 19.3 Å². The fraction of sp³-hybridized carbons (Fsp3) is 0.476. The van der Waals surface area contributed by atoms with E-state index in [2.05, 4.69) is 10.4 Å². The Morgan fingerprint density at radius 1 is 1.20 bits per heavy atom. The summed E-state index contributed by atoms with van der Waals surface area (Å²) >= 11 is 0. The Morgan fingerprint density at radius 2 is 2.07 bits per heavy atom. The zero-order chi connectivity index (χ0) is 20.8. The molecule has 4 rings (SSSR count). The zero-order valence-electron chi connectivity index (χ0n) is 16.8. The van der Waals surface area contributed by atoms with Crippen molar-refractivity contribution in [3.05, 3.63) is 42.1 Å². The second-order valence-electron chi connectivity index (χ2n) is 7.32. The standard InChI is InChI=1S/C21H26N4O5/c26-20(24-8-11-28-12-9-24)14-25-7-6-19(23-25)22-21(27)16-3-1-4-17(13-16)30-15-18-5-2-10-29-18/h1,3-4,6-7,13,18H,2,5,8-12,14-15H2,(H,22,23,27). The number of nitrogens with one attached hydrogen (secondary N) is 1. The Hall–Kier alpha value is -2.91. The van der Waals surface area contributed by atoms with Crippen LogP contribution in [-0.2, 0) is 20.8 Å². The van der Waals surface area contributed by atoms with Gasteiger partial charge in [0, 0.05) is 37.5 Å². The molecule has 2 aliphatic heterocycles. The van der Waals surface area contributed by atoms with Crippen LogP contribution in [0.1, 0.15) is 23.2 Å². The van der Waals surface area contributed by atoms with Crippen molar-refractivity contribution in [2.24, 2.45) is 0 Å². The lowest BCUT2D eigenvalue weighted by atomic mass is 10.2. The third kappa shape index (κ3) is 5.37. The molecule has 1 aromatic carbocycles. The molecule has 2 fully saturated rings. The Balaban J connectivity index is 1.30. The second kappa shape index (κ2) is 9.73. The average molecular weight is 414 g/mol. The lowest BCUT2D eigenvalue weighted by Crippen LogP contribution is -2.42. The smallest absolute Gasteiger partial charge is 0.256 e. The van der Waals surface area contributed by atoms with Crippen LogP contribution in [0.2, 0.25) is 0 Å². The Kier molecular flexibility index (Phi) is 6.60. The molecule has 2 amide bonds. The minimum absolute atomic E-state index is 0.0182. The number of hydrogen-bond acceptors (Lipinski definition) is 6. The van der Waals surface area contributed by atoms with Crippen molar-refractivity contribution in [3.8, 4) is 5.75 Å². The molecule has 0 aliphatic carbocycles. The summed E-state index contributed by atoms with van der Waals surface area (Å²) in [5, 5.41) is 7.04. The molecule has 9 nitrogen and oxygen atoms in total. The van der Waals surface area contributed by atoms with Gasteiger partial charge in [-0.25, -0.2) is 0 Å². The molecule has 0 spiro atoms. The van der Waals surface area contributed by atoms with E-state index in [0.717, 1.165) is 19.4 Å². The first-order chi connectivity index (χ1) is 14.7. The van der Waals surface area contributed by atoms with Crippen molar-refractivity contribution in [2.45, 2.75) is 25.5 Å². The van der Waals surface area contributed by atoms with Gasteiger partial charge in [0.2, 0.25) is 5.91 Å². The topological polar surface area (TPSA) is 94.9 Å². The van der Waals surface area contributed by atoms with Crippen molar-refractivity contribution in [2.75, 3.05) is 44.8 Å². The van der Waals surface area contributed by atoms with E-state index in [4.69, 9.17) is 14.2 Å². The number of morpholine rings is 1. The summed E-state index contributed by atoms with van der Waals surface area (Å²) in [4.78, 5) is 26.6. The van der Waals surface area contributed by atoms with E-state index < -0.39 is 0 Å². The average Bonchev–Trinajstić information content (AvgIpc) is 3.45. The number of aromatic nitrogens is 2. The number of hydrogen-bond donors (Lipinski definition) is 1. The fourth-order valence-corrected chi connectivity index (χ4v) is 3.45. The van der Waals surface area contributed by atoms with E-state index in [0.29, 0.717) is 50.0 Å². The summed E-state index contributed by atoms with van der Waals surface area (Å²) in [6.45, 7) is 3.69.